The van der Waals surface area contributed by atoms with E-state index in [0.717, 1.165) is 34.9 Å². The first-order chi connectivity index (χ1) is 10.1. The summed E-state index contributed by atoms with van der Waals surface area (Å²) in [6.07, 6.45) is 2.49. The van der Waals surface area contributed by atoms with Crippen molar-refractivity contribution in [3.05, 3.63) is 29.8 Å². The lowest BCUT2D eigenvalue weighted by atomic mass is 9.77. The highest BCUT2D eigenvalue weighted by molar-refractivity contribution is 7.89. The number of nitrogens with one attached hydrogen (secondary N) is 1. The molecular formula is C16H18N2O2S. The Labute approximate surface area is 124 Å². The molecule has 5 aliphatic rings. The average molecular weight is 302 g/mol. The zero-order chi connectivity index (χ0) is 14.4. The molecule has 4 unspecified atom stereocenters. The lowest BCUT2D eigenvalue weighted by Crippen LogP contribution is -2.26. The van der Waals surface area contributed by atoms with E-state index in [-0.39, 0.29) is 4.90 Å². The summed E-state index contributed by atoms with van der Waals surface area (Å²) in [5.41, 5.74) is 2.19. The van der Waals surface area contributed by atoms with Crippen molar-refractivity contribution in [2.75, 3.05) is 0 Å². The van der Waals surface area contributed by atoms with Crippen LogP contribution in [0.3, 0.4) is 0 Å². The maximum Gasteiger partial charge on any atom is 0.276 e. The summed E-state index contributed by atoms with van der Waals surface area (Å²) in [5.74, 6) is 4.72. The Bertz CT molecular complexity index is 731. The minimum atomic E-state index is -3.53. The molecule has 5 aliphatic carbocycles. The monoisotopic (exact) mass is 302 g/mol. The number of nitrogens with zero attached hydrogens (tertiary/aromatic N) is 1. The lowest BCUT2D eigenvalue weighted by Gasteiger charge is -2.28. The highest BCUT2D eigenvalue weighted by atomic mass is 32.2. The number of sulfonamides is 1. The van der Waals surface area contributed by atoms with Crippen LogP contribution in [0.5, 0.6) is 0 Å². The van der Waals surface area contributed by atoms with Gasteiger partial charge in [0.25, 0.3) is 10.0 Å². The van der Waals surface area contributed by atoms with E-state index in [4.69, 9.17) is 0 Å². The summed E-state index contributed by atoms with van der Waals surface area (Å²) in [7, 11) is -3.53. The van der Waals surface area contributed by atoms with Crippen molar-refractivity contribution < 1.29 is 8.42 Å². The van der Waals surface area contributed by atoms with Gasteiger partial charge in [0.15, 0.2) is 0 Å². The van der Waals surface area contributed by atoms with Crippen LogP contribution < -0.4 is 4.83 Å². The van der Waals surface area contributed by atoms with Crippen molar-refractivity contribution in [2.45, 2.75) is 24.7 Å². The van der Waals surface area contributed by atoms with Crippen molar-refractivity contribution >= 4 is 15.7 Å². The number of hydrogen-bond donors (Lipinski definition) is 1. The number of benzene rings is 1. The average Bonchev–Trinajstić information content (AvgIpc) is 3.10. The standard InChI is InChI=1S/C16H18N2O2S/c1-8-2-4-10(5-3-8)21(19,20)18-17-16-9-6-11-12(7-9)14-13(11)15(14)16/h2-5,9,11-15,18H,6-7H2,1H3/b17-16+/t9?,11-,12+,13?,14?,15?. The van der Waals surface area contributed by atoms with Crippen LogP contribution >= 0.6 is 0 Å². The number of hydrogen-bond acceptors (Lipinski definition) is 3. The first-order valence-corrected chi connectivity index (χ1v) is 9.20. The van der Waals surface area contributed by atoms with Crippen LogP contribution in [0, 0.1) is 42.4 Å². The molecule has 0 spiro atoms. The molecule has 4 nitrogen and oxygen atoms in total. The van der Waals surface area contributed by atoms with Gasteiger partial charge in [-0.2, -0.15) is 13.5 Å². The van der Waals surface area contributed by atoms with Crippen LogP contribution in [-0.2, 0) is 10.0 Å². The van der Waals surface area contributed by atoms with E-state index in [1.807, 2.05) is 19.1 Å². The Morgan fingerprint density at radius 2 is 1.71 bits per heavy atom. The molecule has 1 N–H and O–H groups in total. The topological polar surface area (TPSA) is 58.5 Å². The molecule has 5 fully saturated rings. The number of rotatable bonds is 3. The molecule has 0 aromatic heterocycles. The molecule has 6 atom stereocenters. The molecule has 0 heterocycles. The van der Waals surface area contributed by atoms with Crippen LogP contribution in [-0.4, -0.2) is 14.1 Å². The minimum absolute atomic E-state index is 0.288. The minimum Gasteiger partial charge on any atom is -0.200 e. The van der Waals surface area contributed by atoms with Gasteiger partial charge in [-0.1, -0.05) is 17.7 Å². The predicted molar refractivity (Wildman–Crippen MR) is 79.1 cm³/mol. The van der Waals surface area contributed by atoms with Gasteiger partial charge in [0.05, 0.1) is 4.90 Å². The predicted octanol–water partition coefficient (Wildman–Crippen LogP) is 2.16. The number of aryl methyl sites for hydroxylation is 1. The fourth-order valence-corrected chi connectivity index (χ4v) is 6.09. The Morgan fingerprint density at radius 1 is 1.10 bits per heavy atom. The molecule has 4 bridgehead atoms. The molecule has 5 saturated carbocycles. The highest BCUT2D eigenvalue weighted by Gasteiger charge is 2.77. The van der Waals surface area contributed by atoms with Crippen LogP contribution in [0.15, 0.2) is 34.3 Å². The Morgan fingerprint density at radius 3 is 2.33 bits per heavy atom. The highest BCUT2D eigenvalue weighted by Crippen LogP contribution is 2.79. The van der Waals surface area contributed by atoms with E-state index >= 15 is 0 Å². The summed E-state index contributed by atoms with van der Waals surface area (Å²) >= 11 is 0. The third-order valence-corrected chi connectivity index (χ3v) is 7.40. The van der Waals surface area contributed by atoms with Gasteiger partial charge in [0.1, 0.15) is 0 Å². The van der Waals surface area contributed by atoms with Crippen molar-refractivity contribution in [1.82, 2.24) is 4.83 Å². The third-order valence-electron chi connectivity index (χ3n) is 6.17. The second-order valence-electron chi connectivity index (χ2n) is 7.12. The Kier molecular flexibility index (Phi) is 2.15. The molecule has 1 aromatic rings. The first kappa shape index (κ1) is 12.2. The summed E-state index contributed by atoms with van der Waals surface area (Å²) in [5, 5.41) is 4.35. The fraction of sp³-hybridized carbons (Fsp3) is 0.562. The molecule has 5 heteroatoms. The summed E-state index contributed by atoms with van der Waals surface area (Å²) in [6, 6.07) is 6.89. The second-order valence-corrected chi connectivity index (χ2v) is 8.78. The molecule has 21 heavy (non-hydrogen) atoms. The van der Waals surface area contributed by atoms with Gasteiger partial charge >= 0.3 is 0 Å². The SMILES string of the molecule is Cc1ccc(S(=O)(=O)N/N=C2\C3C[C@@H]4C5C2C5[C@@H]4C3)cc1. The van der Waals surface area contributed by atoms with E-state index in [1.165, 1.54) is 12.8 Å². The molecule has 0 amide bonds. The van der Waals surface area contributed by atoms with Gasteiger partial charge in [0.2, 0.25) is 0 Å². The Balaban J connectivity index is 1.40. The van der Waals surface area contributed by atoms with Crippen molar-refractivity contribution in [3.63, 3.8) is 0 Å². The van der Waals surface area contributed by atoms with Crippen LogP contribution in [0.2, 0.25) is 0 Å². The van der Waals surface area contributed by atoms with E-state index < -0.39 is 10.0 Å². The normalized spacial score (nSPS) is 43.6. The number of hydrazone groups is 1. The maximum atomic E-state index is 12.3. The summed E-state index contributed by atoms with van der Waals surface area (Å²) < 4.78 is 24.6. The van der Waals surface area contributed by atoms with Crippen LogP contribution in [0.1, 0.15) is 18.4 Å². The van der Waals surface area contributed by atoms with E-state index in [2.05, 4.69) is 9.93 Å². The fourth-order valence-electron chi connectivity index (χ4n) is 5.26. The quantitative estimate of drug-likeness (QED) is 0.870. The molecule has 0 radical (unpaired) electrons. The molecule has 6 rings (SSSR count). The molecule has 0 aliphatic heterocycles. The van der Waals surface area contributed by atoms with Gasteiger partial charge in [-0.3, -0.25) is 0 Å². The largest absolute Gasteiger partial charge is 0.276 e. The van der Waals surface area contributed by atoms with Gasteiger partial charge < -0.3 is 0 Å². The van der Waals surface area contributed by atoms with Gasteiger partial charge in [-0.05, 0) is 61.5 Å². The van der Waals surface area contributed by atoms with E-state index in [1.54, 1.807) is 12.1 Å². The summed E-state index contributed by atoms with van der Waals surface area (Å²) in [4.78, 5) is 2.76. The Hall–Kier alpha value is -1.36. The van der Waals surface area contributed by atoms with Crippen LogP contribution in [0.4, 0.5) is 0 Å². The van der Waals surface area contributed by atoms with Crippen molar-refractivity contribution in [2.24, 2.45) is 40.6 Å². The van der Waals surface area contributed by atoms with Crippen molar-refractivity contribution in [3.8, 4) is 0 Å². The van der Waals surface area contributed by atoms with Crippen LogP contribution in [0.25, 0.3) is 0 Å². The lowest BCUT2D eigenvalue weighted by molar-refractivity contribution is 0.195. The van der Waals surface area contributed by atoms with E-state index in [9.17, 15) is 8.42 Å². The zero-order valence-corrected chi connectivity index (χ0v) is 12.7. The van der Waals surface area contributed by atoms with Gasteiger partial charge in [-0.15, -0.1) is 0 Å². The summed E-state index contributed by atoms with van der Waals surface area (Å²) in [6.45, 7) is 1.94. The molecule has 1 aromatic carbocycles. The smallest absolute Gasteiger partial charge is 0.200 e. The first-order valence-electron chi connectivity index (χ1n) is 7.72. The zero-order valence-electron chi connectivity index (χ0n) is 11.9. The maximum absolute atomic E-state index is 12.3. The van der Waals surface area contributed by atoms with Gasteiger partial charge in [0, 0.05) is 11.6 Å². The second kappa shape index (κ2) is 3.69. The van der Waals surface area contributed by atoms with Crippen molar-refractivity contribution in [1.29, 1.82) is 0 Å². The van der Waals surface area contributed by atoms with E-state index in [0.29, 0.717) is 11.8 Å². The molecule has 0 saturated heterocycles. The third kappa shape index (κ3) is 1.50. The molecular weight excluding hydrogens is 284 g/mol. The van der Waals surface area contributed by atoms with Gasteiger partial charge in [-0.25, -0.2) is 4.83 Å². The molecule has 110 valence electrons.